The molecule has 1 saturated carbocycles. The van der Waals surface area contributed by atoms with E-state index in [0.29, 0.717) is 5.92 Å². The molecule has 1 unspecified atom stereocenters. The van der Waals surface area contributed by atoms with E-state index in [1.165, 1.54) is 12.8 Å². The predicted octanol–water partition coefficient (Wildman–Crippen LogP) is 3.12. The van der Waals surface area contributed by atoms with Crippen LogP contribution in [0.3, 0.4) is 0 Å². The van der Waals surface area contributed by atoms with Gasteiger partial charge in [0.15, 0.2) is 5.76 Å². The van der Waals surface area contributed by atoms with Gasteiger partial charge in [0.1, 0.15) is 16.5 Å². The van der Waals surface area contributed by atoms with Crippen LogP contribution in [0.15, 0.2) is 21.9 Å². The summed E-state index contributed by atoms with van der Waals surface area (Å²) >= 11 is 1.63. The molecule has 2 N–H and O–H groups in total. The van der Waals surface area contributed by atoms with Crippen molar-refractivity contribution in [2.24, 2.45) is 11.7 Å². The molecule has 0 saturated heterocycles. The molecule has 0 bridgehead atoms. The standard InChI is InChI=1S/C12H14N2OS/c1-7-2-5-10(15-7)9-6-16-12(14-9)11(13)8-3-4-8/h2,5-6,8,11H,3-4,13H2,1H3. The molecule has 1 atom stereocenters. The smallest absolute Gasteiger partial charge is 0.153 e. The minimum Gasteiger partial charge on any atom is -0.460 e. The summed E-state index contributed by atoms with van der Waals surface area (Å²) in [5, 5.41) is 3.06. The fraction of sp³-hybridized carbons (Fsp3) is 0.417. The van der Waals surface area contributed by atoms with E-state index in [9.17, 15) is 0 Å². The monoisotopic (exact) mass is 234 g/mol. The minimum absolute atomic E-state index is 0.120. The largest absolute Gasteiger partial charge is 0.460 e. The van der Waals surface area contributed by atoms with Gasteiger partial charge in [0.05, 0.1) is 6.04 Å². The van der Waals surface area contributed by atoms with Crippen LogP contribution in [0.5, 0.6) is 0 Å². The molecule has 3 nitrogen and oxygen atoms in total. The van der Waals surface area contributed by atoms with E-state index in [0.717, 1.165) is 22.2 Å². The van der Waals surface area contributed by atoms with Gasteiger partial charge in [0.2, 0.25) is 0 Å². The summed E-state index contributed by atoms with van der Waals surface area (Å²) in [6, 6.07) is 4.03. The van der Waals surface area contributed by atoms with Crippen molar-refractivity contribution >= 4 is 11.3 Å². The van der Waals surface area contributed by atoms with Crippen LogP contribution in [0.4, 0.5) is 0 Å². The van der Waals surface area contributed by atoms with E-state index in [4.69, 9.17) is 10.2 Å². The van der Waals surface area contributed by atoms with Gasteiger partial charge in [-0.1, -0.05) is 0 Å². The number of hydrogen-bond donors (Lipinski definition) is 1. The van der Waals surface area contributed by atoms with Crippen LogP contribution >= 0.6 is 11.3 Å². The van der Waals surface area contributed by atoms with E-state index in [2.05, 4.69) is 4.98 Å². The maximum absolute atomic E-state index is 6.11. The number of aromatic nitrogens is 1. The Balaban J connectivity index is 1.86. The van der Waals surface area contributed by atoms with E-state index in [1.807, 2.05) is 24.4 Å². The molecule has 0 radical (unpaired) electrons. The zero-order valence-corrected chi connectivity index (χ0v) is 9.96. The molecule has 3 rings (SSSR count). The highest BCUT2D eigenvalue weighted by atomic mass is 32.1. The zero-order valence-electron chi connectivity index (χ0n) is 9.14. The van der Waals surface area contributed by atoms with Crippen molar-refractivity contribution in [2.75, 3.05) is 0 Å². The van der Waals surface area contributed by atoms with Crippen molar-refractivity contribution in [2.45, 2.75) is 25.8 Å². The van der Waals surface area contributed by atoms with E-state index >= 15 is 0 Å². The number of thiazole rings is 1. The van der Waals surface area contributed by atoms with Gasteiger partial charge in [-0.05, 0) is 37.8 Å². The Hall–Kier alpha value is -1.13. The number of nitrogens with zero attached hydrogens (tertiary/aromatic N) is 1. The maximum Gasteiger partial charge on any atom is 0.153 e. The summed E-state index contributed by atoms with van der Waals surface area (Å²) in [7, 11) is 0. The van der Waals surface area contributed by atoms with Crippen molar-refractivity contribution < 1.29 is 4.42 Å². The third-order valence-electron chi connectivity index (χ3n) is 2.93. The second kappa shape index (κ2) is 3.71. The topological polar surface area (TPSA) is 52.0 Å². The second-order valence-electron chi connectivity index (χ2n) is 4.34. The van der Waals surface area contributed by atoms with Crippen molar-refractivity contribution in [3.63, 3.8) is 0 Å². The summed E-state index contributed by atoms with van der Waals surface area (Å²) in [4.78, 5) is 4.55. The molecule has 0 amide bonds. The van der Waals surface area contributed by atoms with Gasteiger partial charge < -0.3 is 10.2 Å². The quantitative estimate of drug-likeness (QED) is 0.887. The first kappa shape index (κ1) is 10.1. The lowest BCUT2D eigenvalue weighted by atomic mass is 10.2. The maximum atomic E-state index is 6.11. The Morgan fingerprint density at radius 3 is 2.94 bits per heavy atom. The average molecular weight is 234 g/mol. The molecular weight excluding hydrogens is 220 g/mol. The average Bonchev–Trinajstić information content (AvgIpc) is 2.84. The lowest BCUT2D eigenvalue weighted by molar-refractivity contribution is 0.546. The fourth-order valence-corrected chi connectivity index (χ4v) is 2.68. The van der Waals surface area contributed by atoms with Crippen molar-refractivity contribution in [1.82, 2.24) is 4.98 Å². The van der Waals surface area contributed by atoms with Crippen LogP contribution in [0.1, 0.15) is 29.7 Å². The molecule has 2 aromatic rings. The van der Waals surface area contributed by atoms with E-state index in [1.54, 1.807) is 11.3 Å². The molecule has 0 aliphatic heterocycles. The van der Waals surface area contributed by atoms with Gasteiger partial charge in [-0.25, -0.2) is 4.98 Å². The number of aryl methyl sites for hydroxylation is 1. The van der Waals surface area contributed by atoms with Gasteiger partial charge >= 0.3 is 0 Å². The first-order chi connectivity index (χ1) is 7.74. The summed E-state index contributed by atoms with van der Waals surface area (Å²) in [6.07, 6.45) is 2.49. The summed E-state index contributed by atoms with van der Waals surface area (Å²) in [6.45, 7) is 1.94. The molecule has 1 aliphatic rings. The fourth-order valence-electron chi connectivity index (χ4n) is 1.78. The Morgan fingerprint density at radius 1 is 1.50 bits per heavy atom. The zero-order chi connectivity index (χ0) is 11.1. The highest BCUT2D eigenvalue weighted by molar-refractivity contribution is 7.10. The lowest BCUT2D eigenvalue weighted by Crippen LogP contribution is -2.11. The molecule has 2 heterocycles. The normalized spacial score (nSPS) is 17.6. The number of rotatable bonds is 3. The summed E-state index contributed by atoms with van der Waals surface area (Å²) in [5.41, 5.74) is 7.02. The Labute approximate surface area is 98.3 Å². The number of furan rings is 1. The van der Waals surface area contributed by atoms with Gasteiger partial charge in [0, 0.05) is 5.38 Å². The molecule has 2 aromatic heterocycles. The minimum atomic E-state index is 0.120. The number of hydrogen-bond acceptors (Lipinski definition) is 4. The summed E-state index contributed by atoms with van der Waals surface area (Å²) in [5.74, 6) is 2.40. The van der Waals surface area contributed by atoms with Crippen molar-refractivity contribution in [3.8, 4) is 11.5 Å². The first-order valence-corrected chi connectivity index (χ1v) is 6.40. The third kappa shape index (κ3) is 1.79. The van der Waals surface area contributed by atoms with Crippen LogP contribution in [0.25, 0.3) is 11.5 Å². The van der Waals surface area contributed by atoms with Crippen LogP contribution < -0.4 is 5.73 Å². The summed E-state index contributed by atoms with van der Waals surface area (Å²) < 4.78 is 5.54. The van der Waals surface area contributed by atoms with Gasteiger partial charge in [0.25, 0.3) is 0 Å². The van der Waals surface area contributed by atoms with Gasteiger partial charge in [-0.15, -0.1) is 11.3 Å². The number of nitrogens with two attached hydrogens (primary N) is 1. The van der Waals surface area contributed by atoms with E-state index in [-0.39, 0.29) is 6.04 Å². The first-order valence-electron chi connectivity index (χ1n) is 5.52. The Bertz CT molecular complexity index is 499. The molecule has 0 spiro atoms. The van der Waals surface area contributed by atoms with Crippen molar-refractivity contribution in [3.05, 3.63) is 28.3 Å². The predicted molar refractivity (Wildman–Crippen MR) is 64.2 cm³/mol. The lowest BCUT2D eigenvalue weighted by Gasteiger charge is -2.04. The van der Waals surface area contributed by atoms with Crippen molar-refractivity contribution in [1.29, 1.82) is 0 Å². The molecule has 16 heavy (non-hydrogen) atoms. The highest BCUT2D eigenvalue weighted by Crippen LogP contribution is 2.40. The van der Waals surface area contributed by atoms with Crippen LogP contribution in [-0.4, -0.2) is 4.98 Å². The third-order valence-corrected chi connectivity index (χ3v) is 3.88. The van der Waals surface area contributed by atoms with Gasteiger partial charge in [-0.3, -0.25) is 0 Å². The Morgan fingerprint density at radius 2 is 2.31 bits per heavy atom. The SMILES string of the molecule is Cc1ccc(-c2csc(C(N)C3CC3)n2)o1. The van der Waals surface area contributed by atoms with Crippen LogP contribution in [0, 0.1) is 12.8 Å². The Kier molecular flexibility index (Phi) is 2.33. The van der Waals surface area contributed by atoms with Gasteiger partial charge in [-0.2, -0.15) is 0 Å². The van der Waals surface area contributed by atoms with Crippen LogP contribution in [-0.2, 0) is 0 Å². The molecule has 1 aliphatic carbocycles. The molecule has 84 valence electrons. The molecule has 4 heteroatoms. The second-order valence-corrected chi connectivity index (χ2v) is 5.23. The molecule has 1 fully saturated rings. The van der Waals surface area contributed by atoms with Crippen LogP contribution in [0.2, 0.25) is 0 Å². The van der Waals surface area contributed by atoms with E-state index < -0.39 is 0 Å². The molecule has 0 aromatic carbocycles. The molecular formula is C12H14N2OS. The highest BCUT2D eigenvalue weighted by Gasteiger charge is 2.31.